The second kappa shape index (κ2) is 9.50. The number of nitrogens with one attached hydrogen (secondary N) is 1. The maximum Gasteiger partial charge on any atom is 0.260 e. The van der Waals surface area contributed by atoms with Crippen molar-refractivity contribution >= 4 is 28.0 Å². The molecule has 0 saturated heterocycles. The first-order chi connectivity index (χ1) is 18.2. The van der Waals surface area contributed by atoms with Gasteiger partial charge in [0.05, 0.1) is 17.9 Å². The van der Waals surface area contributed by atoms with Gasteiger partial charge >= 0.3 is 0 Å². The van der Waals surface area contributed by atoms with E-state index in [4.69, 9.17) is 9.84 Å². The van der Waals surface area contributed by atoms with E-state index in [9.17, 15) is 4.79 Å². The lowest BCUT2D eigenvalue weighted by molar-refractivity contribution is 0.102. The Hall–Kier alpha value is -5.11. The van der Waals surface area contributed by atoms with Gasteiger partial charge in [-0.2, -0.15) is 9.61 Å². The van der Waals surface area contributed by atoms with Crippen LogP contribution in [0, 0.1) is 0 Å². The Balaban J connectivity index is 1.35. The number of carbonyl (C=O) groups excluding carboxylic acids is 1. The van der Waals surface area contributed by atoms with E-state index in [-0.39, 0.29) is 5.91 Å². The van der Waals surface area contributed by atoms with Crippen molar-refractivity contribution in [3.05, 3.63) is 103 Å². The molecule has 0 unspecified atom stereocenters. The third-order valence-corrected chi connectivity index (χ3v) is 6.04. The summed E-state index contributed by atoms with van der Waals surface area (Å²) in [4.78, 5) is 17.5. The Kier molecular flexibility index (Phi) is 5.74. The summed E-state index contributed by atoms with van der Waals surface area (Å²) in [7, 11) is 0. The van der Waals surface area contributed by atoms with E-state index in [0.29, 0.717) is 35.1 Å². The van der Waals surface area contributed by atoms with Gasteiger partial charge in [-0.05, 0) is 60.2 Å². The molecule has 0 atom stereocenters. The fourth-order valence-electron chi connectivity index (χ4n) is 4.34. The van der Waals surface area contributed by atoms with Crippen molar-refractivity contribution in [3.8, 4) is 28.4 Å². The number of fused-ring (bicyclic) bond motifs is 2. The first-order valence-corrected chi connectivity index (χ1v) is 11.9. The van der Waals surface area contributed by atoms with Gasteiger partial charge in [0.1, 0.15) is 5.75 Å². The molecule has 1 amide bonds. The van der Waals surface area contributed by atoms with Crippen molar-refractivity contribution in [1.82, 2.24) is 24.8 Å². The number of nitrogens with zero attached hydrogens (tertiary/aromatic N) is 5. The third kappa shape index (κ3) is 4.25. The molecule has 0 spiro atoms. The molecule has 0 saturated carbocycles. The summed E-state index contributed by atoms with van der Waals surface area (Å²) in [5.74, 6) is 0.945. The van der Waals surface area contributed by atoms with Crippen LogP contribution in [-0.4, -0.2) is 37.3 Å². The maximum absolute atomic E-state index is 13.5. The second-order valence-corrected chi connectivity index (χ2v) is 8.38. The topological polar surface area (TPSA) is 94.3 Å². The summed E-state index contributed by atoms with van der Waals surface area (Å²) in [5.41, 5.74) is 4.23. The van der Waals surface area contributed by atoms with Gasteiger partial charge in [0, 0.05) is 29.2 Å². The van der Waals surface area contributed by atoms with Gasteiger partial charge < -0.3 is 10.1 Å². The minimum atomic E-state index is -0.236. The van der Waals surface area contributed by atoms with E-state index < -0.39 is 0 Å². The second-order valence-electron chi connectivity index (χ2n) is 8.38. The molecule has 0 radical (unpaired) electrons. The van der Waals surface area contributed by atoms with Crippen molar-refractivity contribution in [3.63, 3.8) is 0 Å². The number of ether oxygens (including phenoxy) is 1. The summed E-state index contributed by atoms with van der Waals surface area (Å²) >= 11 is 0. The molecule has 3 aromatic carbocycles. The van der Waals surface area contributed by atoms with E-state index in [1.54, 1.807) is 16.9 Å². The van der Waals surface area contributed by atoms with E-state index in [1.165, 1.54) is 0 Å². The van der Waals surface area contributed by atoms with Gasteiger partial charge in [0.2, 0.25) is 0 Å². The number of amides is 1. The summed E-state index contributed by atoms with van der Waals surface area (Å²) < 4.78 is 7.50. The molecule has 6 rings (SSSR count). The van der Waals surface area contributed by atoms with Crippen molar-refractivity contribution in [1.29, 1.82) is 0 Å². The number of aromatic nitrogens is 5. The number of hydrogen-bond acceptors (Lipinski definition) is 6. The highest BCUT2D eigenvalue weighted by atomic mass is 16.5. The minimum Gasteiger partial charge on any atom is -0.493 e. The molecule has 6 aromatic rings. The molecular formula is C29H22N6O2. The van der Waals surface area contributed by atoms with Gasteiger partial charge in [-0.1, -0.05) is 42.5 Å². The highest BCUT2D eigenvalue weighted by molar-refractivity contribution is 6.15. The average Bonchev–Trinajstić information content (AvgIpc) is 3.37. The van der Waals surface area contributed by atoms with Crippen LogP contribution in [-0.2, 0) is 0 Å². The lowest BCUT2D eigenvalue weighted by Gasteiger charge is -2.14. The number of carbonyl (C=O) groups is 1. The molecule has 1 N–H and O–H groups in total. The molecule has 37 heavy (non-hydrogen) atoms. The number of benzene rings is 3. The molecule has 8 nitrogen and oxygen atoms in total. The van der Waals surface area contributed by atoms with E-state index in [1.807, 2.05) is 91.9 Å². The molecule has 0 aliphatic carbocycles. The highest BCUT2D eigenvalue weighted by Gasteiger charge is 2.17. The monoisotopic (exact) mass is 486 g/mol. The number of pyridine rings is 1. The van der Waals surface area contributed by atoms with Gasteiger partial charge in [0.15, 0.2) is 11.5 Å². The fraction of sp³-hybridized carbons (Fsp3) is 0.0690. The van der Waals surface area contributed by atoms with Crippen LogP contribution in [0.4, 0.5) is 5.69 Å². The fourth-order valence-corrected chi connectivity index (χ4v) is 4.34. The van der Waals surface area contributed by atoms with Crippen LogP contribution in [0.15, 0.2) is 97.3 Å². The normalized spacial score (nSPS) is 11.1. The Morgan fingerprint density at radius 1 is 0.892 bits per heavy atom. The summed E-state index contributed by atoms with van der Waals surface area (Å²) in [6.45, 7) is 2.37. The lowest BCUT2D eigenvalue weighted by atomic mass is 10.0. The van der Waals surface area contributed by atoms with E-state index in [2.05, 4.69) is 20.5 Å². The summed E-state index contributed by atoms with van der Waals surface area (Å²) in [5, 5.41) is 18.2. The molecule has 0 fully saturated rings. The predicted octanol–water partition coefficient (Wildman–Crippen LogP) is 5.66. The van der Waals surface area contributed by atoms with Crippen molar-refractivity contribution < 1.29 is 9.53 Å². The number of anilines is 1. The summed E-state index contributed by atoms with van der Waals surface area (Å²) in [6.07, 6.45) is 3.42. The van der Waals surface area contributed by atoms with Gasteiger partial charge in [-0.3, -0.25) is 9.78 Å². The zero-order valence-corrected chi connectivity index (χ0v) is 20.0. The van der Waals surface area contributed by atoms with Crippen LogP contribution in [0.5, 0.6) is 5.75 Å². The minimum absolute atomic E-state index is 0.236. The Bertz CT molecular complexity index is 1750. The predicted molar refractivity (Wildman–Crippen MR) is 143 cm³/mol. The third-order valence-electron chi connectivity index (χ3n) is 6.04. The zero-order chi connectivity index (χ0) is 25.2. The molecule has 8 heteroatoms. The summed E-state index contributed by atoms with van der Waals surface area (Å²) in [6, 6.07) is 26.7. The van der Waals surface area contributed by atoms with Gasteiger partial charge in [0.25, 0.3) is 5.91 Å². The SMILES string of the molecule is CCOc1ccc2ccccc2c1C(=O)Nc1cccc(-c2ccc3nnc(-c4ccncc4)n3n2)c1. The number of hydrogen-bond donors (Lipinski definition) is 1. The smallest absolute Gasteiger partial charge is 0.260 e. The lowest BCUT2D eigenvalue weighted by Crippen LogP contribution is -2.14. The van der Waals surface area contributed by atoms with Crippen LogP contribution in [0.2, 0.25) is 0 Å². The Morgan fingerprint density at radius 2 is 1.76 bits per heavy atom. The van der Waals surface area contributed by atoms with Crippen molar-refractivity contribution in [2.24, 2.45) is 0 Å². The highest BCUT2D eigenvalue weighted by Crippen LogP contribution is 2.30. The Labute approximate surface area is 212 Å². The van der Waals surface area contributed by atoms with Crippen LogP contribution >= 0.6 is 0 Å². The number of rotatable bonds is 6. The molecule has 0 bridgehead atoms. The van der Waals surface area contributed by atoms with Gasteiger partial charge in [-0.25, -0.2) is 0 Å². The van der Waals surface area contributed by atoms with Crippen molar-refractivity contribution in [2.75, 3.05) is 11.9 Å². The van der Waals surface area contributed by atoms with E-state index in [0.717, 1.165) is 27.6 Å². The molecular weight excluding hydrogens is 464 g/mol. The molecule has 0 aliphatic heterocycles. The average molecular weight is 487 g/mol. The van der Waals surface area contributed by atoms with Gasteiger partial charge in [-0.15, -0.1) is 10.2 Å². The first kappa shape index (κ1) is 22.4. The quantitative estimate of drug-likeness (QED) is 0.327. The zero-order valence-electron chi connectivity index (χ0n) is 20.0. The standard InChI is InChI=1S/C29H22N6O2/c1-2-37-25-12-10-19-6-3-4-9-23(19)27(25)29(36)31-22-8-5-7-21(18-22)24-11-13-26-32-33-28(35(26)34-24)20-14-16-30-17-15-20/h3-18H,2H2,1H3,(H,31,36). The van der Waals surface area contributed by atoms with Crippen LogP contribution in [0.1, 0.15) is 17.3 Å². The maximum atomic E-state index is 13.5. The van der Waals surface area contributed by atoms with Crippen molar-refractivity contribution in [2.45, 2.75) is 6.92 Å². The Morgan fingerprint density at radius 3 is 2.62 bits per heavy atom. The first-order valence-electron chi connectivity index (χ1n) is 11.9. The molecule has 3 aromatic heterocycles. The van der Waals surface area contributed by atoms with E-state index >= 15 is 0 Å². The molecule has 0 aliphatic rings. The molecule has 3 heterocycles. The van der Waals surface area contributed by atoms with Crippen LogP contribution in [0.25, 0.3) is 39.1 Å². The van der Waals surface area contributed by atoms with Crippen LogP contribution in [0.3, 0.4) is 0 Å². The van der Waals surface area contributed by atoms with Crippen LogP contribution < -0.4 is 10.1 Å². The largest absolute Gasteiger partial charge is 0.493 e. The molecule has 180 valence electrons.